The average molecular weight is 232 g/mol. The Hall–Kier alpha value is -1.07. The van der Waals surface area contributed by atoms with Crippen molar-refractivity contribution in [1.82, 2.24) is 15.1 Å². The fourth-order valence-electron chi connectivity index (χ4n) is 1.22. The summed E-state index contributed by atoms with van der Waals surface area (Å²) in [7, 11) is 3.05. The zero-order valence-electron chi connectivity index (χ0n) is 8.95. The van der Waals surface area contributed by atoms with Crippen molar-refractivity contribution in [3.63, 3.8) is 0 Å². The van der Waals surface area contributed by atoms with E-state index >= 15 is 0 Å². The molecule has 0 bridgehead atoms. The van der Waals surface area contributed by atoms with E-state index in [0.717, 1.165) is 0 Å². The molecule has 1 aromatic heterocycles. The molecule has 0 amide bonds. The molecule has 0 spiro atoms. The Labute approximate surface area is 93.4 Å². The van der Waals surface area contributed by atoms with E-state index < -0.39 is 5.54 Å². The third-order valence-corrected chi connectivity index (χ3v) is 2.46. The van der Waals surface area contributed by atoms with E-state index in [1.54, 1.807) is 24.9 Å². The van der Waals surface area contributed by atoms with Gasteiger partial charge in [0.2, 0.25) is 0 Å². The van der Waals surface area contributed by atoms with Crippen LogP contribution < -0.4 is 5.32 Å². The molecular weight excluding hydrogens is 218 g/mol. The smallest absolute Gasteiger partial charge is 0.327 e. The van der Waals surface area contributed by atoms with Gasteiger partial charge in [0, 0.05) is 6.20 Å². The Balaban J connectivity index is 2.80. The zero-order chi connectivity index (χ0) is 11.5. The second-order valence-electron chi connectivity index (χ2n) is 3.43. The molecule has 0 aliphatic heterocycles. The Morgan fingerprint density at radius 3 is 2.87 bits per heavy atom. The van der Waals surface area contributed by atoms with Crippen molar-refractivity contribution in [1.29, 1.82) is 0 Å². The van der Waals surface area contributed by atoms with Crippen molar-refractivity contribution in [2.45, 2.75) is 19.0 Å². The number of nitrogens with zero attached hydrogens (tertiary/aromatic N) is 2. The number of ether oxygens (including phenoxy) is 1. The van der Waals surface area contributed by atoms with Gasteiger partial charge in [-0.25, -0.2) is 4.79 Å². The number of aromatic nitrogens is 2. The van der Waals surface area contributed by atoms with E-state index in [1.165, 1.54) is 13.3 Å². The fourth-order valence-corrected chi connectivity index (χ4v) is 1.38. The molecule has 0 aliphatic carbocycles. The number of carbonyl (C=O) groups is 1. The summed E-state index contributed by atoms with van der Waals surface area (Å²) in [6.45, 7) is 2.11. The van der Waals surface area contributed by atoms with Gasteiger partial charge in [0.05, 0.1) is 24.9 Å². The van der Waals surface area contributed by atoms with Crippen molar-refractivity contribution >= 4 is 17.6 Å². The summed E-state index contributed by atoms with van der Waals surface area (Å²) >= 11 is 5.73. The van der Waals surface area contributed by atoms with E-state index in [-0.39, 0.29) is 5.97 Å². The second kappa shape index (κ2) is 4.63. The van der Waals surface area contributed by atoms with Gasteiger partial charge >= 0.3 is 5.97 Å². The minimum absolute atomic E-state index is 0.336. The molecule has 1 unspecified atom stereocenters. The van der Waals surface area contributed by atoms with E-state index in [2.05, 4.69) is 10.4 Å². The minimum atomic E-state index is -0.801. The monoisotopic (exact) mass is 231 g/mol. The number of halogens is 1. The summed E-state index contributed by atoms with van der Waals surface area (Å²) in [6.07, 6.45) is 3.18. The van der Waals surface area contributed by atoms with Crippen LogP contribution >= 0.6 is 11.6 Å². The standard InChI is InChI=1S/C9H14ClN3O2/c1-9(11-2,8(14)15-3)6-13-5-7(10)4-12-13/h4-5,11H,6H2,1-3H3. The molecule has 6 heteroatoms. The van der Waals surface area contributed by atoms with Gasteiger partial charge in [-0.05, 0) is 14.0 Å². The van der Waals surface area contributed by atoms with Crippen LogP contribution in [0.15, 0.2) is 12.4 Å². The van der Waals surface area contributed by atoms with Gasteiger partial charge in [-0.3, -0.25) is 4.68 Å². The molecule has 1 rings (SSSR count). The Morgan fingerprint density at radius 2 is 2.47 bits per heavy atom. The third kappa shape index (κ3) is 2.70. The van der Waals surface area contributed by atoms with Crippen LogP contribution in [0.1, 0.15) is 6.92 Å². The largest absolute Gasteiger partial charge is 0.468 e. The molecule has 0 saturated heterocycles. The maximum atomic E-state index is 11.5. The minimum Gasteiger partial charge on any atom is -0.468 e. The SMILES string of the molecule is CNC(C)(Cn1cc(Cl)cn1)C(=O)OC. The Morgan fingerprint density at radius 1 is 1.80 bits per heavy atom. The quantitative estimate of drug-likeness (QED) is 0.775. The fraction of sp³-hybridized carbons (Fsp3) is 0.556. The van der Waals surface area contributed by atoms with Crippen LogP contribution in [-0.4, -0.2) is 35.4 Å². The van der Waals surface area contributed by atoms with Crippen LogP contribution in [0.5, 0.6) is 0 Å². The predicted octanol–water partition coefficient (Wildman–Crippen LogP) is 0.688. The van der Waals surface area contributed by atoms with Crippen LogP contribution in [0, 0.1) is 0 Å². The molecule has 0 aliphatic rings. The molecule has 1 atom stereocenters. The first kappa shape index (κ1) is 12.0. The second-order valence-corrected chi connectivity index (χ2v) is 3.87. The first-order valence-corrected chi connectivity index (χ1v) is 4.85. The number of methoxy groups -OCH3 is 1. The highest BCUT2D eigenvalue weighted by atomic mass is 35.5. The van der Waals surface area contributed by atoms with Gasteiger partial charge in [-0.1, -0.05) is 11.6 Å². The predicted molar refractivity (Wildman–Crippen MR) is 56.7 cm³/mol. The normalized spacial score (nSPS) is 14.7. The average Bonchev–Trinajstić information content (AvgIpc) is 2.62. The molecule has 1 heterocycles. The molecular formula is C9H14ClN3O2. The van der Waals surface area contributed by atoms with Gasteiger partial charge in [0.15, 0.2) is 0 Å². The maximum absolute atomic E-state index is 11.5. The molecule has 1 aromatic rings. The molecule has 84 valence electrons. The number of carbonyl (C=O) groups excluding carboxylic acids is 1. The Kier molecular flexibility index (Phi) is 3.71. The molecule has 1 N–H and O–H groups in total. The highest BCUT2D eigenvalue weighted by Crippen LogP contribution is 2.11. The van der Waals surface area contributed by atoms with Gasteiger partial charge in [-0.2, -0.15) is 5.10 Å². The van der Waals surface area contributed by atoms with E-state index in [9.17, 15) is 4.79 Å². The van der Waals surface area contributed by atoms with E-state index in [0.29, 0.717) is 11.6 Å². The maximum Gasteiger partial charge on any atom is 0.327 e. The molecule has 0 saturated carbocycles. The zero-order valence-corrected chi connectivity index (χ0v) is 9.71. The highest BCUT2D eigenvalue weighted by molar-refractivity contribution is 6.30. The van der Waals surface area contributed by atoms with Crippen molar-refractivity contribution in [3.8, 4) is 0 Å². The van der Waals surface area contributed by atoms with Crippen molar-refractivity contribution in [3.05, 3.63) is 17.4 Å². The number of nitrogens with one attached hydrogen (secondary N) is 1. The van der Waals surface area contributed by atoms with Gasteiger partial charge in [0.1, 0.15) is 5.54 Å². The van der Waals surface area contributed by atoms with Gasteiger partial charge < -0.3 is 10.1 Å². The van der Waals surface area contributed by atoms with Crippen LogP contribution in [0.25, 0.3) is 0 Å². The van der Waals surface area contributed by atoms with Crippen LogP contribution in [0.4, 0.5) is 0 Å². The van der Waals surface area contributed by atoms with Crippen molar-refractivity contribution in [2.75, 3.05) is 14.2 Å². The first-order chi connectivity index (χ1) is 7.01. The summed E-state index contributed by atoms with van der Waals surface area (Å²) in [5.41, 5.74) is -0.801. The lowest BCUT2D eigenvalue weighted by atomic mass is 10.0. The number of hydrogen-bond donors (Lipinski definition) is 1. The summed E-state index contributed by atoms with van der Waals surface area (Å²) in [5, 5.41) is 7.45. The van der Waals surface area contributed by atoms with Crippen molar-refractivity contribution < 1.29 is 9.53 Å². The lowest BCUT2D eigenvalue weighted by Gasteiger charge is -2.25. The number of hydrogen-bond acceptors (Lipinski definition) is 4. The van der Waals surface area contributed by atoms with E-state index in [1.807, 2.05) is 0 Å². The van der Waals surface area contributed by atoms with Crippen molar-refractivity contribution in [2.24, 2.45) is 0 Å². The van der Waals surface area contributed by atoms with Gasteiger partial charge in [0.25, 0.3) is 0 Å². The molecule has 15 heavy (non-hydrogen) atoms. The lowest BCUT2D eigenvalue weighted by molar-refractivity contribution is -0.148. The van der Waals surface area contributed by atoms with Crippen LogP contribution in [0.3, 0.4) is 0 Å². The molecule has 0 fully saturated rings. The van der Waals surface area contributed by atoms with Crippen LogP contribution in [0.2, 0.25) is 5.02 Å². The molecule has 0 aromatic carbocycles. The Bertz CT molecular complexity index is 353. The number of rotatable bonds is 4. The summed E-state index contributed by atoms with van der Waals surface area (Å²) in [5.74, 6) is -0.336. The number of esters is 1. The van der Waals surface area contributed by atoms with Gasteiger partial charge in [-0.15, -0.1) is 0 Å². The summed E-state index contributed by atoms with van der Waals surface area (Å²) < 4.78 is 6.30. The molecule has 0 radical (unpaired) electrons. The number of likely N-dealkylation sites (N-methyl/N-ethyl adjacent to an activating group) is 1. The molecule has 5 nitrogen and oxygen atoms in total. The lowest BCUT2D eigenvalue weighted by Crippen LogP contribution is -2.51. The van der Waals surface area contributed by atoms with E-state index in [4.69, 9.17) is 16.3 Å². The summed E-state index contributed by atoms with van der Waals surface area (Å²) in [6, 6.07) is 0. The van der Waals surface area contributed by atoms with Crippen LogP contribution in [-0.2, 0) is 16.1 Å². The topological polar surface area (TPSA) is 56.2 Å². The summed E-state index contributed by atoms with van der Waals surface area (Å²) in [4.78, 5) is 11.5. The highest BCUT2D eigenvalue weighted by Gasteiger charge is 2.33. The first-order valence-electron chi connectivity index (χ1n) is 4.47. The third-order valence-electron chi connectivity index (χ3n) is 2.27.